The maximum absolute atomic E-state index is 13.2. The van der Waals surface area contributed by atoms with E-state index in [9.17, 15) is 8.78 Å². The van der Waals surface area contributed by atoms with Gasteiger partial charge in [0, 0.05) is 5.56 Å². The zero-order chi connectivity index (χ0) is 12.3. The average molecular weight is 235 g/mol. The topological polar surface area (TPSA) is 61.7 Å². The van der Waals surface area contributed by atoms with Crippen molar-refractivity contribution in [3.05, 3.63) is 47.3 Å². The molecule has 1 aromatic carbocycles. The number of rotatable bonds is 3. The number of ether oxygens (including phenoxy) is 1. The zero-order valence-electron chi connectivity index (χ0n) is 8.58. The van der Waals surface area contributed by atoms with Crippen LogP contribution >= 0.6 is 0 Å². The smallest absolute Gasteiger partial charge is 0.200 e. The van der Waals surface area contributed by atoms with Crippen molar-refractivity contribution < 1.29 is 13.5 Å². The van der Waals surface area contributed by atoms with E-state index in [2.05, 4.69) is 10.2 Å². The number of hydrogen-bond acceptors (Lipinski definition) is 3. The summed E-state index contributed by atoms with van der Waals surface area (Å²) in [4.78, 5) is 0. The maximum atomic E-state index is 13.2. The molecule has 0 aliphatic carbocycles. The second-order valence-electron chi connectivity index (χ2n) is 3.22. The summed E-state index contributed by atoms with van der Waals surface area (Å²) < 4.78 is 31.2. The van der Waals surface area contributed by atoms with Crippen LogP contribution in [0.5, 0.6) is 5.75 Å². The fraction of sp³-hybridized carbons (Fsp3) is 0.0909. The molecule has 0 saturated carbocycles. The predicted molar refractivity (Wildman–Crippen MR) is 54.0 cm³/mol. The third kappa shape index (κ3) is 2.23. The first-order valence-electron chi connectivity index (χ1n) is 4.71. The van der Waals surface area contributed by atoms with Crippen molar-refractivity contribution in [1.82, 2.24) is 10.2 Å². The van der Waals surface area contributed by atoms with Crippen LogP contribution in [-0.4, -0.2) is 10.2 Å². The summed E-state index contributed by atoms with van der Waals surface area (Å²) in [7, 11) is 0. The summed E-state index contributed by atoms with van der Waals surface area (Å²) in [6, 6.07) is 5.52. The minimum absolute atomic E-state index is 0.0558. The average Bonchev–Trinajstić information content (AvgIpc) is 2.78. The Bertz CT molecular complexity index is 574. The molecule has 0 aliphatic rings. The van der Waals surface area contributed by atoms with Crippen LogP contribution in [0.3, 0.4) is 0 Å². The number of H-pyrrole nitrogens is 1. The molecule has 0 atom stereocenters. The molecule has 0 bridgehead atoms. The maximum Gasteiger partial charge on any atom is 0.200 e. The van der Waals surface area contributed by atoms with Crippen LogP contribution in [-0.2, 0) is 6.61 Å². The fourth-order valence-corrected chi connectivity index (χ4v) is 1.27. The lowest BCUT2D eigenvalue weighted by molar-refractivity contribution is 0.284. The van der Waals surface area contributed by atoms with Gasteiger partial charge >= 0.3 is 0 Å². The van der Waals surface area contributed by atoms with Crippen LogP contribution in [0.25, 0.3) is 0 Å². The summed E-state index contributed by atoms with van der Waals surface area (Å²) in [6.45, 7) is -0.0558. The van der Waals surface area contributed by atoms with Gasteiger partial charge in [0.25, 0.3) is 0 Å². The number of halogens is 2. The molecular weight excluding hydrogens is 228 g/mol. The highest BCUT2D eigenvalue weighted by molar-refractivity contribution is 5.29. The van der Waals surface area contributed by atoms with Gasteiger partial charge in [-0.3, -0.25) is 5.10 Å². The molecule has 1 N–H and O–H groups in total. The van der Waals surface area contributed by atoms with Gasteiger partial charge in [-0.05, 0) is 12.1 Å². The quantitative estimate of drug-likeness (QED) is 0.886. The largest absolute Gasteiger partial charge is 0.486 e. The predicted octanol–water partition coefficient (Wildman–Crippen LogP) is 2.14. The van der Waals surface area contributed by atoms with E-state index in [-0.39, 0.29) is 18.1 Å². The van der Waals surface area contributed by atoms with Crippen LogP contribution in [0.1, 0.15) is 11.3 Å². The molecule has 1 heterocycles. The summed E-state index contributed by atoms with van der Waals surface area (Å²) >= 11 is 0. The summed E-state index contributed by atoms with van der Waals surface area (Å²) in [5.41, 5.74) is 0.720. The van der Waals surface area contributed by atoms with Gasteiger partial charge in [-0.2, -0.15) is 14.8 Å². The Labute approximate surface area is 95.5 Å². The van der Waals surface area contributed by atoms with Gasteiger partial charge in [0.1, 0.15) is 18.4 Å². The molecule has 17 heavy (non-hydrogen) atoms. The van der Waals surface area contributed by atoms with Crippen LogP contribution in [0.4, 0.5) is 8.78 Å². The fourth-order valence-electron chi connectivity index (χ4n) is 1.27. The normalized spacial score (nSPS) is 9.94. The van der Waals surface area contributed by atoms with E-state index in [1.54, 1.807) is 0 Å². The first-order valence-corrected chi connectivity index (χ1v) is 4.71. The number of aromatic nitrogens is 2. The van der Waals surface area contributed by atoms with E-state index >= 15 is 0 Å². The van der Waals surface area contributed by atoms with Gasteiger partial charge in [0.05, 0.1) is 6.20 Å². The number of nitrogens with one attached hydrogen (secondary N) is 1. The molecular formula is C11H7F2N3O. The van der Waals surface area contributed by atoms with Crippen LogP contribution in [0.2, 0.25) is 0 Å². The Balaban J connectivity index is 2.13. The van der Waals surface area contributed by atoms with Gasteiger partial charge in [-0.25, -0.2) is 4.39 Å². The van der Waals surface area contributed by atoms with E-state index in [0.717, 1.165) is 6.07 Å². The van der Waals surface area contributed by atoms with Crippen molar-refractivity contribution in [1.29, 1.82) is 5.26 Å². The highest BCUT2D eigenvalue weighted by Crippen LogP contribution is 2.20. The molecule has 6 heteroatoms. The van der Waals surface area contributed by atoms with Crippen molar-refractivity contribution in [3.8, 4) is 11.8 Å². The third-order valence-corrected chi connectivity index (χ3v) is 2.13. The van der Waals surface area contributed by atoms with Crippen LogP contribution in [0.15, 0.2) is 24.4 Å². The lowest BCUT2D eigenvalue weighted by Gasteiger charge is -2.06. The second-order valence-corrected chi connectivity index (χ2v) is 3.22. The summed E-state index contributed by atoms with van der Waals surface area (Å²) in [5, 5.41) is 14.8. The standard InChI is InChI=1S/C11H7F2N3O/c12-8-2-1-3-10(11(8)13)17-6-7-5-15-16-9(7)4-14/h1-3,5H,6H2,(H,15,16). The molecule has 4 nitrogen and oxygen atoms in total. The van der Waals surface area contributed by atoms with E-state index in [4.69, 9.17) is 10.00 Å². The highest BCUT2D eigenvalue weighted by atomic mass is 19.2. The van der Waals surface area contributed by atoms with Crippen molar-refractivity contribution in [2.75, 3.05) is 0 Å². The van der Waals surface area contributed by atoms with E-state index in [1.165, 1.54) is 18.3 Å². The molecule has 0 spiro atoms. The SMILES string of the molecule is N#Cc1[nH]ncc1COc1cccc(F)c1F. The minimum atomic E-state index is -1.05. The van der Waals surface area contributed by atoms with Crippen LogP contribution < -0.4 is 4.74 Å². The van der Waals surface area contributed by atoms with Crippen molar-refractivity contribution in [2.45, 2.75) is 6.61 Å². The first-order chi connectivity index (χ1) is 8.22. The number of hydrogen-bond donors (Lipinski definition) is 1. The Hall–Kier alpha value is -2.42. The molecule has 0 fully saturated rings. The number of nitriles is 1. The Kier molecular flexibility index (Phi) is 3.01. The number of benzene rings is 1. The molecule has 0 amide bonds. The lowest BCUT2D eigenvalue weighted by Crippen LogP contribution is -1.99. The van der Waals surface area contributed by atoms with E-state index in [1.807, 2.05) is 6.07 Å². The Morgan fingerprint density at radius 3 is 3.00 bits per heavy atom. The monoisotopic (exact) mass is 235 g/mol. The molecule has 0 unspecified atom stereocenters. The van der Waals surface area contributed by atoms with Gasteiger partial charge in [0.15, 0.2) is 11.6 Å². The summed E-state index contributed by atoms with van der Waals surface area (Å²) in [5.74, 6) is -2.22. The molecule has 2 aromatic rings. The van der Waals surface area contributed by atoms with E-state index in [0.29, 0.717) is 5.56 Å². The summed E-state index contributed by atoms with van der Waals surface area (Å²) in [6.07, 6.45) is 1.40. The van der Waals surface area contributed by atoms with Gasteiger partial charge in [0.2, 0.25) is 5.82 Å². The van der Waals surface area contributed by atoms with Crippen molar-refractivity contribution in [2.24, 2.45) is 0 Å². The highest BCUT2D eigenvalue weighted by Gasteiger charge is 2.10. The molecule has 0 aliphatic heterocycles. The Morgan fingerprint density at radius 1 is 1.41 bits per heavy atom. The minimum Gasteiger partial charge on any atom is -0.486 e. The Morgan fingerprint density at radius 2 is 2.24 bits per heavy atom. The van der Waals surface area contributed by atoms with E-state index < -0.39 is 11.6 Å². The lowest BCUT2D eigenvalue weighted by atomic mass is 10.3. The molecule has 2 rings (SSSR count). The van der Waals surface area contributed by atoms with Crippen LogP contribution in [0, 0.1) is 23.0 Å². The molecule has 86 valence electrons. The van der Waals surface area contributed by atoms with Crippen molar-refractivity contribution in [3.63, 3.8) is 0 Å². The van der Waals surface area contributed by atoms with Gasteiger partial charge in [-0.15, -0.1) is 0 Å². The van der Waals surface area contributed by atoms with Crippen molar-refractivity contribution >= 4 is 0 Å². The number of nitrogens with zero attached hydrogens (tertiary/aromatic N) is 2. The van der Waals surface area contributed by atoms with Gasteiger partial charge < -0.3 is 4.74 Å². The molecule has 1 aromatic heterocycles. The first kappa shape index (κ1) is 11.1. The van der Waals surface area contributed by atoms with Gasteiger partial charge in [-0.1, -0.05) is 6.07 Å². The molecule has 0 saturated heterocycles. The second kappa shape index (κ2) is 4.61. The number of aromatic amines is 1. The molecule has 0 radical (unpaired) electrons. The third-order valence-electron chi connectivity index (χ3n) is 2.13. The zero-order valence-corrected chi connectivity index (χ0v) is 8.58.